The first-order valence-electron chi connectivity index (χ1n) is 8.91. The van der Waals surface area contributed by atoms with Crippen LogP contribution in [0.15, 0.2) is 0 Å². The molecule has 0 saturated heterocycles. The molecule has 0 saturated carbocycles. The van der Waals surface area contributed by atoms with Crippen LogP contribution < -0.4 is 0 Å². The molecule has 130 valence electrons. The van der Waals surface area contributed by atoms with Crippen LogP contribution in [0.3, 0.4) is 0 Å². The molecule has 0 aliphatic heterocycles. The molecule has 0 rings (SSSR count). The maximum absolute atomic E-state index is 11.4. The average Bonchev–Trinajstić information content (AvgIpc) is 2.48. The molecule has 0 aliphatic rings. The van der Waals surface area contributed by atoms with Gasteiger partial charge in [0.05, 0.1) is 13.2 Å². The van der Waals surface area contributed by atoms with Gasteiger partial charge in [0.1, 0.15) is 0 Å². The molecule has 0 heterocycles. The number of hydrogen-bond donors (Lipinski definition) is 0. The molecular formula is C18H34O4. The van der Waals surface area contributed by atoms with Crippen molar-refractivity contribution in [1.29, 1.82) is 0 Å². The lowest BCUT2D eigenvalue weighted by Crippen LogP contribution is -2.11. The van der Waals surface area contributed by atoms with Crippen LogP contribution in [-0.2, 0) is 19.1 Å². The molecule has 4 heteroatoms. The maximum Gasteiger partial charge on any atom is 0.305 e. The van der Waals surface area contributed by atoms with E-state index in [-0.39, 0.29) is 11.9 Å². The summed E-state index contributed by atoms with van der Waals surface area (Å²) in [7, 11) is 0. The van der Waals surface area contributed by atoms with Crippen molar-refractivity contribution in [3.63, 3.8) is 0 Å². The smallest absolute Gasteiger partial charge is 0.305 e. The number of unbranched alkanes of at least 4 members (excludes halogenated alkanes) is 4. The summed E-state index contributed by atoms with van der Waals surface area (Å²) in [6, 6.07) is 0. The quantitative estimate of drug-likeness (QED) is 0.346. The lowest BCUT2D eigenvalue weighted by molar-refractivity contribution is -0.144. The van der Waals surface area contributed by atoms with Crippen molar-refractivity contribution in [2.75, 3.05) is 13.2 Å². The SMILES string of the molecule is CCCCCC(=O)OCCC(C)CCOC(=O)CCCCC. The summed E-state index contributed by atoms with van der Waals surface area (Å²) in [5.74, 6) is 0.206. The van der Waals surface area contributed by atoms with E-state index in [1.165, 1.54) is 0 Å². The summed E-state index contributed by atoms with van der Waals surface area (Å²) < 4.78 is 10.4. The second kappa shape index (κ2) is 14.9. The van der Waals surface area contributed by atoms with E-state index >= 15 is 0 Å². The highest BCUT2D eigenvalue weighted by molar-refractivity contribution is 5.69. The topological polar surface area (TPSA) is 52.6 Å². The monoisotopic (exact) mass is 314 g/mol. The Bertz CT molecular complexity index is 261. The van der Waals surface area contributed by atoms with Crippen LogP contribution in [0.2, 0.25) is 0 Å². The third-order valence-electron chi connectivity index (χ3n) is 3.72. The van der Waals surface area contributed by atoms with E-state index in [0.29, 0.717) is 32.0 Å². The van der Waals surface area contributed by atoms with Crippen molar-refractivity contribution in [2.45, 2.75) is 85.0 Å². The molecule has 4 nitrogen and oxygen atoms in total. The first-order valence-corrected chi connectivity index (χ1v) is 8.91. The minimum Gasteiger partial charge on any atom is -0.466 e. The van der Waals surface area contributed by atoms with E-state index in [9.17, 15) is 9.59 Å². The minimum absolute atomic E-state index is 0.0944. The van der Waals surface area contributed by atoms with E-state index in [0.717, 1.165) is 51.4 Å². The fraction of sp³-hybridized carbons (Fsp3) is 0.889. The van der Waals surface area contributed by atoms with Gasteiger partial charge in [-0.05, 0) is 31.6 Å². The van der Waals surface area contributed by atoms with Gasteiger partial charge >= 0.3 is 11.9 Å². The molecule has 0 aromatic rings. The Morgan fingerprint density at radius 3 is 1.55 bits per heavy atom. The summed E-state index contributed by atoms with van der Waals surface area (Å²) >= 11 is 0. The summed E-state index contributed by atoms with van der Waals surface area (Å²) in [6.07, 6.45) is 8.92. The Hall–Kier alpha value is -1.06. The fourth-order valence-electron chi connectivity index (χ4n) is 2.08. The average molecular weight is 314 g/mol. The minimum atomic E-state index is -0.0944. The molecular weight excluding hydrogens is 280 g/mol. The second-order valence-corrected chi connectivity index (χ2v) is 6.04. The van der Waals surface area contributed by atoms with Crippen molar-refractivity contribution in [3.8, 4) is 0 Å². The van der Waals surface area contributed by atoms with Gasteiger partial charge in [-0.1, -0.05) is 46.5 Å². The van der Waals surface area contributed by atoms with Gasteiger partial charge in [0, 0.05) is 12.8 Å². The van der Waals surface area contributed by atoms with Crippen LogP contribution in [0.5, 0.6) is 0 Å². The molecule has 0 aliphatic carbocycles. The first kappa shape index (κ1) is 20.9. The van der Waals surface area contributed by atoms with E-state index in [1.54, 1.807) is 0 Å². The maximum atomic E-state index is 11.4. The third-order valence-corrected chi connectivity index (χ3v) is 3.72. The number of esters is 2. The summed E-state index contributed by atoms with van der Waals surface area (Å²) in [4.78, 5) is 22.9. The molecule has 0 aromatic carbocycles. The van der Waals surface area contributed by atoms with E-state index in [2.05, 4.69) is 20.8 Å². The number of ether oxygens (including phenoxy) is 2. The predicted octanol–water partition coefficient (Wildman–Crippen LogP) is 4.65. The van der Waals surface area contributed by atoms with Crippen molar-refractivity contribution >= 4 is 11.9 Å². The zero-order chi connectivity index (χ0) is 16.6. The van der Waals surface area contributed by atoms with Gasteiger partial charge in [-0.15, -0.1) is 0 Å². The Balaban J connectivity index is 3.47. The summed E-state index contributed by atoms with van der Waals surface area (Å²) in [5, 5.41) is 0. The van der Waals surface area contributed by atoms with Gasteiger partial charge in [-0.2, -0.15) is 0 Å². The standard InChI is InChI=1S/C18H34O4/c1-4-6-8-10-17(19)21-14-12-16(3)13-15-22-18(20)11-9-7-5-2/h16H,4-15H2,1-3H3. The fourth-order valence-corrected chi connectivity index (χ4v) is 2.08. The summed E-state index contributed by atoms with van der Waals surface area (Å²) in [5.41, 5.74) is 0. The van der Waals surface area contributed by atoms with Gasteiger partial charge in [-0.25, -0.2) is 0 Å². The lowest BCUT2D eigenvalue weighted by atomic mass is 10.1. The molecule has 0 fully saturated rings. The Morgan fingerprint density at radius 1 is 0.773 bits per heavy atom. The van der Waals surface area contributed by atoms with Crippen LogP contribution in [-0.4, -0.2) is 25.2 Å². The molecule has 0 spiro atoms. The second-order valence-electron chi connectivity index (χ2n) is 6.04. The Kier molecular flexibility index (Phi) is 14.1. The Labute approximate surface area is 135 Å². The van der Waals surface area contributed by atoms with Crippen LogP contribution in [0, 0.1) is 5.92 Å². The largest absolute Gasteiger partial charge is 0.466 e. The highest BCUT2D eigenvalue weighted by Gasteiger charge is 2.08. The van der Waals surface area contributed by atoms with Gasteiger partial charge in [0.15, 0.2) is 0 Å². The zero-order valence-electron chi connectivity index (χ0n) is 14.7. The predicted molar refractivity (Wildman–Crippen MR) is 88.6 cm³/mol. The molecule has 0 N–H and O–H groups in total. The molecule has 22 heavy (non-hydrogen) atoms. The van der Waals surface area contributed by atoms with Crippen molar-refractivity contribution < 1.29 is 19.1 Å². The van der Waals surface area contributed by atoms with Crippen LogP contribution in [0.25, 0.3) is 0 Å². The lowest BCUT2D eigenvalue weighted by Gasteiger charge is -2.12. The van der Waals surface area contributed by atoms with E-state index < -0.39 is 0 Å². The normalized spacial score (nSPS) is 10.7. The van der Waals surface area contributed by atoms with Crippen molar-refractivity contribution in [3.05, 3.63) is 0 Å². The highest BCUT2D eigenvalue weighted by atomic mass is 16.5. The van der Waals surface area contributed by atoms with Gasteiger partial charge in [0.25, 0.3) is 0 Å². The molecule has 0 bridgehead atoms. The van der Waals surface area contributed by atoms with Crippen LogP contribution >= 0.6 is 0 Å². The number of carbonyl (C=O) groups is 2. The number of hydrogen-bond acceptors (Lipinski definition) is 4. The van der Waals surface area contributed by atoms with E-state index in [1.807, 2.05) is 0 Å². The highest BCUT2D eigenvalue weighted by Crippen LogP contribution is 2.09. The molecule has 0 radical (unpaired) electrons. The van der Waals surface area contributed by atoms with Crippen LogP contribution in [0.4, 0.5) is 0 Å². The number of rotatable bonds is 14. The molecule has 0 atom stereocenters. The van der Waals surface area contributed by atoms with Crippen molar-refractivity contribution in [1.82, 2.24) is 0 Å². The Morgan fingerprint density at radius 2 is 1.18 bits per heavy atom. The third kappa shape index (κ3) is 13.9. The van der Waals surface area contributed by atoms with Gasteiger partial charge < -0.3 is 9.47 Å². The number of carbonyl (C=O) groups excluding carboxylic acids is 2. The molecule has 0 unspecified atom stereocenters. The van der Waals surface area contributed by atoms with E-state index in [4.69, 9.17) is 9.47 Å². The summed E-state index contributed by atoms with van der Waals surface area (Å²) in [6.45, 7) is 7.26. The molecule has 0 amide bonds. The van der Waals surface area contributed by atoms with Gasteiger partial charge in [0.2, 0.25) is 0 Å². The van der Waals surface area contributed by atoms with Crippen LogP contribution in [0.1, 0.15) is 85.0 Å². The first-order chi connectivity index (χ1) is 10.6. The van der Waals surface area contributed by atoms with Crippen molar-refractivity contribution in [2.24, 2.45) is 5.92 Å². The molecule has 0 aromatic heterocycles. The zero-order valence-corrected chi connectivity index (χ0v) is 14.7. The van der Waals surface area contributed by atoms with Gasteiger partial charge in [-0.3, -0.25) is 9.59 Å².